The highest BCUT2D eigenvalue weighted by molar-refractivity contribution is 5.77. The van der Waals surface area contributed by atoms with Gasteiger partial charge in [0.1, 0.15) is 17.8 Å². The SMILES string of the molecule is COc1cccc(-c2cn3cc(CCCCN4CCC(F)(F)CC4)cc3c(=O)n2CC(=O)NC(C)C)c1. The van der Waals surface area contributed by atoms with Crippen molar-refractivity contribution >= 4 is 11.4 Å². The van der Waals surface area contributed by atoms with Crippen molar-refractivity contribution in [2.45, 2.75) is 64.5 Å². The maximum atomic E-state index is 13.6. The third kappa shape index (κ3) is 6.77. The van der Waals surface area contributed by atoms with Crippen molar-refractivity contribution in [2.24, 2.45) is 0 Å². The van der Waals surface area contributed by atoms with Crippen LogP contribution < -0.4 is 15.6 Å². The fraction of sp³-hybridized carbons (Fsp3) is 0.500. The third-order valence-corrected chi connectivity index (χ3v) is 6.82. The number of amides is 1. The van der Waals surface area contributed by atoms with Gasteiger partial charge >= 0.3 is 0 Å². The van der Waals surface area contributed by atoms with E-state index < -0.39 is 5.92 Å². The summed E-state index contributed by atoms with van der Waals surface area (Å²) in [7, 11) is 1.59. The fourth-order valence-corrected chi connectivity index (χ4v) is 4.85. The first-order valence-corrected chi connectivity index (χ1v) is 12.9. The molecule has 7 nitrogen and oxygen atoms in total. The number of methoxy groups -OCH3 is 1. The molecule has 1 N–H and O–H groups in total. The van der Waals surface area contributed by atoms with Crippen molar-refractivity contribution in [2.75, 3.05) is 26.7 Å². The Balaban J connectivity index is 1.54. The number of unbranched alkanes of at least 4 members (excludes halogenated alkanes) is 1. The van der Waals surface area contributed by atoms with Gasteiger partial charge in [0.25, 0.3) is 11.5 Å². The quantitative estimate of drug-likeness (QED) is 0.409. The predicted octanol–water partition coefficient (Wildman–Crippen LogP) is 4.36. The number of alkyl halides is 2. The monoisotopic (exact) mass is 514 g/mol. The molecule has 1 aromatic carbocycles. The van der Waals surface area contributed by atoms with Crippen molar-refractivity contribution in [3.05, 3.63) is 58.6 Å². The maximum absolute atomic E-state index is 13.6. The zero-order chi connectivity index (χ0) is 26.6. The molecule has 3 aromatic rings. The van der Waals surface area contributed by atoms with Gasteiger partial charge in [0.05, 0.1) is 12.8 Å². The molecular formula is C28H36F2N4O3. The van der Waals surface area contributed by atoms with E-state index in [1.807, 2.05) is 61.0 Å². The summed E-state index contributed by atoms with van der Waals surface area (Å²) in [4.78, 5) is 28.3. The van der Waals surface area contributed by atoms with Crippen molar-refractivity contribution in [3.8, 4) is 17.0 Å². The maximum Gasteiger partial charge on any atom is 0.275 e. The Morgan fingerprint density at radius 1 is 1.14 bits per heavy atom. The van der Waals surface area contributed by atoms with E-state index in [1.54, 1.807) is 7.11 Å². The molecule has 1 aliphatic rings. The minimum absolute atomic E-state index is 0.0338. The summed E-state index contributed by atoms with van der Waals surface area (Å²) in [5.74, 6) is -2.09. The normalized spacial score (nSPS) is 15.8. The molecule has 4 rings (SSSR count). The largest absolute Gasteiger partial charge is 0.497 e. The van der Waals surface area contributed by atoms with Crippen LogP contribution in [-0.4, -0.2) is 58.5 Å². The zero-order valence-corrected chi connectivity index (χ0v) is 21.8. The van der Waals surface area contributed by atoms with Crippen molar-refractivity contribution in [1.29, 1.82) is 0 Å². The topological polar surface area (TPSA) is 68.0 Å². The summed E-state index contributed by atoms with van der Waals surface area (Å²) in [5.41, 5.74) is 2.71. The second kappa shape index (κ2) is 11.5. The van der Waals surface area contributed by atoms with Crippen LogP contribution in [-0.2, 0) is 17.8 Å². The van der Waals surface area contributed by atoms with E-state index in [9.17, 15) is 18.4 Å². The fourth-order valence-electron chi connectivity index (χ4n) is 4.85. The van der Waals surface area contributed by atoms with Gasteiger partial charge in [-0.2, -0.15) is 0 Å². The highest BCUT2D eigenvalue weighted by atomic mass is 19.3. The highest BCUT2D eigenvalue weighted by Crippen LogP contribution is 2.28. The number of fused-ring (bicyclic) bond motifs is 1. The molecule has 0 aliphatic carbocycles. The number of halogens is 2. The third-order valence-electron chi connectivity index (χ3n) is 6.82. The Labute approximate surface area is 216 Å². The second-order valence-corrected chi connectivity index (χ2v) is 10.2. The van der Waals surface area contributed by atoms with Crippen LogP contribution in [0.2, 0.25) is 0 Å². The number of rotatable bonds is 10. The molecular weight excluding hydrogens is 478 g/mol. The van der Waals surface area contributed by atoms with E-state index in [0.717, 1.165) is 36.9 Å². The van der Waals surface area contributed by atoms with Gasteiger partial charge in [-0.3, -0.25) is 14.2 Å². The van der Waals surface area contributed by atoms with Gasteiger partial charge in [0.15, 0.2) is 0 Å². The lowest BCUT2D eigenvalue weighted by Crippen LogP contribution is -2.39. The van der Waals surface area contributed by atoms with Gasteiger partial charge in [-0.05, 0) is 63.4 Å². The molecule has 37 heavy (non-hydrogen) atoms. The lowest BCUT2D eigenvalue weighted by Gasteiger charge is -2.31. The summed E-state index contributed by atoms with van der Waals surface area (Å²) in [5, 5.41) is 2.86. The number of nitrogens with one attached hydrogen (secondary N) is 1. The summed E-state index contributed by atoms with van der Waals surface area (Å²) < 4.78 is 35.4. The molecule has 0 atom stereocenters. The number of hydrogen-bond donors (Lipinski definition) is 1. The number of hydrogen-bond acceptors (Lipinski definition) is 4. The van der Waals surface area contributed by atoms with E-state index in [-0.39, 0.29) is 36.9 Å². The number of benzene rings is 1. The van der Waals surface area contributed by atoms with Gasteiger partial charge in [-0.15, -0.1) is 0 Å². The van der Waals surface area contributed by atoms with Crippen LogP contribution >= 0.6 is 0 Å². The molecule has 1 fully saturated rings. The predicted molar refractivity (Wildman–Crippen MR) is 140 cm³/mol. The Hall–Kier alpha value is -3.20. The Kier molecular flexibility index (Phi) is 8.32. The first-order chi connectivity index (χ1) is 17.6. The molecule has 0 unspecified atom stereocenters. The highest BCUT2D eigenvalue weighted by Gasteiger charge is 2.33. The molecule has 1 amide bonds. The van der Waals surface area contributed by atoms with E-state index in [1.165, 1.54) is 4.57 Å². The molecule has 1 aliphatic heterocycles. The number of carbonyl (C=O) groups is 1. The van der Waals surface area contributed by atoms with Gasteiger partial charge in [-0.25, -0.2) is 8.78 Å². The molecule has 1 saturated heterocycles. The van der Waals surface area contributed by atoms with E-state index in [2.05, 4.69) is 10.2 Å². The minimum atomic E-state index is -2.52. The first-order valence-electron chi connectivity index (χ1n) is 12.9. The van der Waals surface area contributed by atoms with Gasteiger partial charge in [0, 0.05) is 49.9 Å². The first kappa shape index (κ1) is 26.9. The van der Waals surface area contributed by atoms with E-state index in [4.69, 9.17) is 4.74 Å². The van der Waals surface area contributed by atoms with Crippen LogP contribution in [0, 0.1) is 0 Å². The molecule has 3 heterocycles. The van der Waals surface area contributed by atoms with Crippen LogP contribution in [0.1, 0.15) is 45.1 Å². The standard InChI is InChI=1S/C28H36F2N4O3/c1-20(2)31-26(35)19-34-25(22-8-6-9-23(16-22)37-3)18-33-17-21(15-24(33)27(34)36)7-4-5-12-32-13-10-28(29,30)11-14-32/h6,8-9,15-18,20H,4-5,7,10-14,19H2,1-3H3,(H,31,35). The summed E-state index contributed by atoms with van der Waals surface area (Å²) >= 11 is 0. The molecule has 0 spiro atoms. The number of piperidine rings is 1. The number of likely N-dealkylation sites (tertiary alicyclic amines) is 1. The van der Waals surface area contributed by atoms with E-state index >= 15 is 0 Å². The zero-order valence-electron chi connectivity index (χ0n) is 21.8. The van der Waals surface area contributed by atoms with Crippen LogP contribution in [0.3, 0.4) is 0 Å². The molecule has 9 heteroatoms. The summed E-state index contributed by atoms with van der Waals surface area (Å²) in [6, 6.07) is 9.27. The van der Waals surface area contributed by atoms with Gasteiger partial charge < -0.3 is 19.4 Å². The minimum Gasteiger partial charge on any atom is -0.497 e. The Morgan fingerprint density at radius 2 is 1.89 bits per heavy atom. The molecule has 2 aromatic heterocycles. The molecule has 0 saturated carbocycles. The van der Waals surface area contributed by atoms with Crippen LogP contribution in [0.25, 0.3) is 16.8 Å². The van der Waals surface area contributed by atoms with Gasteiger partial charge in [0.2, 0.25) is 5.91 Å². The average molecular weight is 515 g/mol. The van der Waals surface area contributed by atoms with Crippen LogP contribution in [0.5, 0.6) is 5.75 Å². The van der Waals surface area contributed by atoms with Crippen LogP contribution in [0.15, 0.2) is 47.5 Å². The Morgan fingerprint density at radius 3 is 2.59 bits per heavy atom. The van der Waals surface area contributed by atoms with Gasteiger partial charge in [-0.1, -0.05) is 12.1 Å². The van der Waals surface area contributed by atoms with Crippen molar-refractivity contribution in [1.82, 2.24) is 19.2 Å². The smallest absolute Gasteiger partial charge is 0.275 e. The molecule has 0 radical (unpaired) electrons. The Bertz CT molecular complexity index is 1290. The molecule has 0 bridgehead atoms. The van der Waals surface area contributed by atoms with Crippen molar-refractivity contribution in [3.63, 3.8) is 0 Å². The summed E-state index contributed by atoms with van der Waals surface area (Å²) in [6.07, 6.45) is 6.31. The van der Waals surface area contributed by atoms with Crippen LogP contribution in [0.4, 0.5) is 8.78 Å². The van der Waals surface area contributed by atoms with Crippen molar-refractivity contribution < 1.29 is 18.3 Å². The number of nitrogens with zero attached hydrogens (tertiary/aromatic N) is 3. The second-order valence-electron chi connectivity index (χ2n) is 10.2. The van der Waals surface area contributed by atoms with E-state index in [0.29, 0.717) is 30.0 Å². The average Bonchev–Trinajstić information content (AvgIpc) is 3.27. The molecule has 200 valence electrons. The summed E-state index contributed by atoms with van der Waals surface area (Å²) in [6.45, 7) is 5.37. The number of aryl methyl sites for hydroxylation is 1. The number of carbonyl (C=O) groups excluding carboxylic acids is 1. The number of ether oxygens (including phenoxy) is 1. The number of aromatic nitrogens is 2. The lowest BCUT2D eigenvalue weighted by molar-refractivity contribution is -0.122. The lowest BCUT2D eigenvalue weighted by atomic mass is 10.1.